The first kappa shape index (κ1) is 12.9. The van der Waals surface area contributed by atoms with Gasteiger partial charge in [-0.25, -0.2) is 0 Å². The molecule has 0 spiro atoms. The van der Waals surface area contributed by atoms with Gasteiger partial charge in [-0.05, 0) is 24.3 Å². The highest BCUT2D eigenvalue weighted by molar-refractivity contribution is 5.93. The molecule has 0 aliphatic heterocycles. The molecule has 3 rings (SSSR count). The molecule has 2 aromatic rings. The topological polar surface area (TPSA) is 48.7 Å². The van der Waals surface area contributed by atoms with Crippen LogP contribution in [0.25, 0.3) is 10.9 Å². The van der Waals surface area contributed by atoms with Gasteiger partial charge in [0, 0.05) is 18.1 Å². The molecule has 1 fully saturated rings. The molecule has 2 atom stereocenters. The number of nitriles is 1. The minimum atomic E-state index is 0.634. The van der Waals surface area contributed by atoms with Crippen molar-refractivity contribution in [2.75, 3.05) is 11.9 Å². The summed E-state index contributed by atoms with van der Waals surface area (Å²) >= 11 is 0. The first-order valence-corrected chi connectivity index (χ1v) is 7.31. The van der Waals surface area contributed by atoms with E-state index in [9.17, 15) is 5.26 Å². The van der Waals surface area contributed by atoms with Crippen LogP contribution < -0.4 is 5.32 Å². The van der Waals surface area contributed by atoms with Crippen molar-refractivity contribution in [3.05, 3.63) is 36.0 Å². The van der Waals surface area contributed by atoms with Gasteiger partial charge in [0.05, 0.1) is 16.8 Å². The Balaban J connectivity index is 1.91. The highest BCUT2D eigenvalue weighted by Crippen LogP contribution is 2.32. The zero-order valence-corrected chi connectivity index (χ0v) is 11.8. The van der Waals surface area contributed by atoms with E-state index in [4.69, 9.17) is 0 Å². The maximum absolute atomic E-state index is 9.29. The zero-order chi connectivity index (χ0) is 13.9. The molecule has 102 valence electrons. The Hall–Kier alpha value is -2.08. The van der Waals surface area contributed by atoms with Gasteiger partial charge >= 0.3 is 0 Å². The number of benzene rings is 1. The number of anilines is 1. The van der Waals surface area contributed by atoms with Gasteiger partial charge in [-0.3, -0.25) is 4.98 Å². The molecule has 1 aromatic heterocycles. The second-order valence-electron chi connectivity index (χ2n) is 5.72. The van der Waals surface area contributed by atoms with Crippen LogP contribution in [0.2, 0.25) is 0 Å². The molecule has 0 radical (unpaired) electrons. The van der Waals surface area contributed by atoms with E-state index >= 15 is 0 Å². The quantitative estimate of drug-likeness (QED) is 0.914. The van der Waals surface area contributed by atoms with Crippen molar-refractivity contribution >= 4 is 16.6 Å². The van der Waals surface area contributed by atoms with E-state index in [1.807, 2.05) is 24.3 Å². The third-order valence-electron chi connectivity index (χ3n) is 4.48. The third kappa shape index (κ3) is 2.34. The molecule has 3 nitrogen and oxygen atoms in total. The van der Waals surface area contributed by atoms with Gasteiger partial charge in [0.1, 0.15) is 6.07 Å². The lowest BCUT2D eigenvalue weighted by Crippen LogP contribution is -2.17. The summed E-state index contributed by atoms with van der Waals surface area (Å²) in [6.45, 7) is 3.28. The first-order chi connectivity index (χ1) is 9.79. The monoisotopic (exact) mass is 265 g/mol. The van der Waals surface area contributed by atoms with Gasteiger partial charge in [-0.1, -0.05) is 38.0 Å². The molecule has 1 heterocycles. The van der Waals surface area contributed by atoms with E-state index in [0.29, 0.717) is 11.5 Å². The zero-order valence-electron chi connectivity index (χ0n) is 11.8. The van der Waals surface area contributed by atoms with Crippen LogP contribution in [-0.4, -0.2) is 11.5 Å². The van der Waals surface area contributed by atoms with Gasteiger partial charge in [-0.15, -0.1) is 0 Å². The summed E-state index contributed by atoms with van der Waals surface area (Å²) < 4.78 is 0. The van der Waals surface area contributed by atoms with Crippen molar-refractivity contribution in [1.82, 2.24) is 4.98 Å². The smallest absolute Gasteiger partial charge is 0.103 e. The molecule has 1 aromatic carbocycles. The second-order valence-corrected chi connectivity index (χ2v) is 5.72. The standard InChI is InChI=1S/C17H19N3/c1-12-5-4-6-13(12)10-20-17-14(9-18)11-19-16-8-3-2-7-15(16)17/h2-3,7-8,11-13H,4-6,10H2,1H3,(H,19,20). The lowest BCUT2D eigenvalue weighted by atomic mass is 9.98. The van der Waals surface area contributed by atoms with Crippen LogP contribution in [0.15, 0.2) is 30.5 Å². The van der Waals surface area contributed by atoms with Gasteiger partial charge in [-0.2, -0.15) is 5.26 Å². The molecular weight excluding hydrogens is 246 g/mol. The molecule has 0 saturated heterocycles. The van der Waals surface area contributed by atoms with E-state index in [-0.39, 0.29) is 0 Å². The molecule has 1 N–H and O–H groups in total. The molecule has 1 saturated carbocycles. The van der Waals surface area contributed by atoms with Crippen molar-refractivity contribution in [2.24, 2.45) is 11.8 Å². The molecule has 2 unspecified atom stereocenters. The Bertz CT molecular complexity index is 657. The summed E-state index contributed by atoms with van der Waals surface area (Å²) in [6, 6.07) is 10.2. The van der Waals surface area contributed by atoms with Crippen molar-refractivity contribution < 1.29 is 0 Å². The summed E-state index contributed by atoms with van der Waals surface area (Å²) in [5.74, 6) is 1.50. The average Bonchev–Trinajstić information content (AvgIpc) is 2.90. The van der Waals surface area contributed by atoms with Crippen molar-refractivity contribution in [3.8, 4) is 6.07 Å². The number of hydrogen-bond donors (Lipinski definition) is 1. The number of nitrogens with one attached hydrogen (secondary N) is 1. The molecular formula is C17H19N3. The summed E-state index contributed by atoms with van der Waals surface area (Å²) in [7, 11) is 0. The SMILES string of the molecule is CC1CCCC1CNc1c(C#N)cnc2ccccc12. The van der Waals surface area contributed by atoms with Crippen LogP contribution in [0.4, 0.5) is 5.69 Å². The van der Waals surface area contributed by atoms with E-state index < -0.39 is 0 Å². The van der Waals surface area contributed by atoms with E-state index in [2.05, 4.69) is 23.3 Å². The Morgan fingerprint density at radius 1 is 1.35 bits per heavy atom. The number of aromatic nitrogens is 1. The number of hydrogen-bond acceptors (Lipinski definition) is 3. The normalized spacial score (nSPS) is 21.8. The summed E-state index contributed by atoms with van der Waals surface area (Å²) in [5, 5.41) is 13.8. The minimum Gasteiger partial charge on any atom is -0.383 e. The maximum Gasteiger partial charge on any atom is 0.103 e. The fourth-order valence-electron chi connectivity index (χ4n) is 3.18. The number of para-hydroxylation sites is 1. The first-order valence-electron chi connectivity index (χ1n) is 7.31. The van der Waals surface area contributed by atoms with Gasteiger partial charge < -0.3 is 5.32 Å². The van der Waals surface area contributed by atoms with E-state index in [0.717, 1.165) is 29.1 Å². The molecule has 20 heavy (non-hydrogen) atoms. The van der Waals surface area contributed by atoms with Crippen LogP contribution in [0.5, 0.6) is 0 Å². The Kier molecular flexibility index (Phi) is 3.56. The fourth-order valence-corrected chi connectivity index (χ4v) is 3.18. The van der Waals surface area contributed by atoms with Gasteiger partial charge in [0.2, 0.25) is 0 Å². The van der Waals surface area contributed by atoms with Crippen molar-refractivity contribution in [2.45, 2.75) is 26.2 Å². The van der Waals surface area contributed by atoms with Crippen LogP contribution in [0, 0.1) is 23.2 Å². The fraction of sp³-hybridized carbons (Fsp3) is 0.412. The summed E-state index contributed by atoms with van der Waals surface area (Å²) in [4.78, 5) is 4.34. The lowest BCUT2D eigenvalue weighted by molar-refractivity contribution is 0.440. The van der Waals surface area contributed by atoms with Gasteiger partial charge in [0.25, 0.3) is 0 Å². The molecule has 0 amide bonds. The molecule has 1 aliphatic carbocycles. The number of pyridine rings is 1. The van der Waals surface area contributed by atoms with Crippen molar-refractivity contribution in [3.63, 3.8) is 0 Å². The Morgan fingerprint density at radius 2 is 2.20 bits per heavy atom. The number of fused-ring (bicyclic) bond motifs is 1. The van der Waals surface area contributed by atoms with Crippen LogP contribution in [0.3, 0.4) is 0 Å². The molecule has 1 aliphatic rings. The molecule has 0 bridgehead atoms. The largest absolute Gasteiger partial charge is 0.383 e. The predicted molar refractivity (Wildman–Crippen MR) is 81.5 cm³/mol. The van der Waals surface area contributed by atoms with Crippen LogP contribution in [-0.2, 0) is 0 Å². The predicted octanol–water partition coefficient (Wildman–Crippen LogP) is 3.95. The highest BCUT2D eigenvalue weighted by Gasteiger charge is 2.23. The summed E-state index contributed by atoms with van der Waals surface area (Å²) in [5.41, 5.74) is 2.51. The van der Waals surface area contributed by atoms with E-state index in [1.165, 1.54) is 19.3 Å². The van der Waals surface area contributed by atoms with Crippen LogP contribution in [0.1, 0.15) is 31.7 Å². The van der Waals surface area contributed by atoms with Crippen molar-refractivity contribution in [1.29, 1.82) is 5.26 Å². The highest BCUT2D eigenvalue weighted by atomic mass is 14.9. The summed E-state index contributed by atoms with van der Waals surface area (Å²) in [6.07, 6.45) is 5.62. The maximum atomic E-state index is 9.29. The average molecular weight is 265 g/mol. The minimum absolute atomic E-state index is 0.634. The number of nitrogens with zero attached hydrogens (tertiary/aromatic N) is 2. The lowest BCUT2D eigenvalue weighted by Gasteiger charge is -2.18. The molecule has 3 heteroatoms. The Morgan fingerprint density at radius 3 is 2.95 bits per heavy atom. The van der Waals surface area contributed by atoms with Crippen LogP contribution >= 0.6 is 0 Å². The third-order valence-corrected chi connectivity index (χ3v) is 4.48. The van der Waals surface area contributed by atoms with Gasteiger partial charge in [0.15, 0.2) is 0 Å². The van der Waals surface area contributed by atoms with E-state index in [1.54, 1.807) is 6.20 Å². The Labute approximate surface area is 119 Å². The number of rotatable bonds is 3. The second kappa shape index (κ2) is 5.50.